The smallest absolute Gasteiger partial charge is 0.251 e. The van der Waals surface area contributed by atoms with Crippen LogP contribution in [0.2, 0.25) is 0 Å². The summed E-state index contributed by atoms with van der Waals surface area (Å²) in [6.07, 6.45) is 0.907. The van der Waals surface area contributed by atoms with Crippen molar-refractivity contribution in [2.45, 2.75) is 36.6 Å². The highest BCUT2D eigenvalue weighted by molar-refractivity contribution is 7.99. The Morgan fingerprint density at radius 2 is 1.59 bits per heavy atom. The summed E-state index contributed by atoms with van der Waals surface area (Å²) in [4.78, 5) is 31.6. The zero-order chi connectivity index (χ0) is 26.0. The van der Waals surface area contributed by atoms with Crippen molar-refractivity contribution in [3.8, 4) is 0 Å². The molecular formula is C30H36N4O2S. The molecule has 1 aliphatic heterocycles. The monoisotopic (exact) mass is 516 g/mol. The fraction of sp³-hybridized carbons (Fsp3) is 0.333. The number of aryl methyl sites for hydroxylation is 1. The van der Waals surface area contributed by atoms with Crippen molar-refractivity contribution >= 4 is 29.3 Å². The first kappa shape index (κ1) is 26.9. The standard InChI is InChI=1S/C30H36N4O2S/c1-23-9-12-27(13-10-23)37-29-14-11-26(21-28(29)32-24(2)35)30(36)31-15-6-16-33-17-19-34(20-18-33)22-25-7-4-3-5-8-25/h3-5,7-14,21H,6,15-20,22H2,1-2H3,(H,31,36)(H,32,35). The van der Waals surface area contributed by atoms with E-state index in [2.05, 4.69) is 82.0 Å². The summed E-state index contributed by atoms with van der Waals surface area (Å²) in [7, 11) is 0. The van der Waals surface area contributed by atoms with Crippen LogP contribution in [0.25, 0.3) is 0 Å². The van der Waals surface area contributed by atoms with E-state index in [-0.39, 0.29) is 11.8 Å². The van der Waals surface area contributed by atoms with Gasteiger partial charge in [0.25, 0.3) is 5.91 Å². The van der Waals surface area contributed by atoms with Crippen molar-refractivity contribution < 1.29 is 9.59 Å². The molecule has 0 aliphatic carbocycles. The highest BCUT2D eigenvalue weighted by Gasteiger charge is 2.17. The molecule has 6 nitrogen and oxygen atoms in total. The number of hydrogen-bond acceptors (Lipinski definition) is 5. The Hall–Kier alpha value is -3.13. The number of piperazine rings is 1. The van der Waals surface area contributed by atoms with Gasteiger partial charge in [-0.1, -0.05) is 59.8 Å². The minimum atomic E-state index is -0.160. The molecule has 4 rings (SSSR count). The lowest BCUT2D eigenvalue weighted by Gasteiger charge is -2.34. The third-order valence-corrected chi connectivity index (χ3v) is 7.54. The van der Waals surface area contributed by atoms with Crippen molar-refractivity contribution in [2.75, 3.05) is 44.6 Å². The predicted molar refractivity (Wildman–Crippen MR) is 151 cm³/mol. The zero-order valence-corrected chi connectivity index (χ0v) is 22.5. The summed E-state index contributed by atoms with van der Waals surface area (Å²) < 4.78 is 0. The Labute approximate surface area is 224 Å². The first-order valence-electron chi connectivity index (χ1n) is 12.9. The van der Waals surface area contributed by atoms with Gasteiger partial charge in [-0.15, -0.1) is 0 Å². The molecule has 0 bridgehead atoms. The number of nitrogens with zero attached hydrogens (tertiary/aromatic N) is 2. The number of nitrogens with one attached hydrogen (secondary N) is 2. The summed E-state index contributed by atoms with van der Waals surface area (Å²) in [6, 6.07) is 24.3. The predicted octanol–water partition coefficient (Wildman–Crippen LogP) is 5.04. The van der Waals surface area contributed by atoms with Gasteiger partial charge in [-0.3, -0.25) is 14.5 Å². The second-order valence-electron chi connectivity index (χ2n) is 9.52. The Balaban J connectivity index is 1.23. The van der Waals surface area contributed by atoms with E-state index in [1.165, 1.54) is 18.1 Å². The molecule has 194 valence electrons. The summed E-state index contributed by atoms with van der Waals surface area (Å²) in [6.45, 7) is 10.4. The molecular weight excluding hydrogens is 480 g/mol. The van der Waals surface area contributed by atoms with Gasteiger partial charge < -0.3 is 15.5 Å². The van der Waals surface area contributed by atoms with Crippen LogP contribution in [-0.2, 0) is 11.3 Å². The van der Waals surface area contributed by atoms with Crippen LogP contribution in [0.3, 0.4) is 0 Å². The molecule has 37 heavy (non-hydrogen) atoms. The van der Waals surface area contributed by atoms with Crippen LogP contribution >= 0.6 is 11.8 Å². The molecule has 0 spiro atoms. The van der Waals surface area contributed by atoms with Crippen molar-refractivity contribution in [3.05, 3.63) is 89.5 Å². The Morgan fingerprint density at radius 3 is 2.30 bits per heavy atom. The van der Waals surface area contributed by atoms with Crippen LogP contribution in [0.5, 0.6) is 0 Å². The van der Waals surface area contributed by atoms with Crippen LogP contribution in [0, 0.1) is 6.92 Å². The quantitative estimate of drug-likeness (QED) is 0.370. The maximum absolute atomic E-state index is 12.8. The summed E-state index contributed by atoms with van der Waals surface area (Å²) >= 11 is 1.57. The van der Waals surface area contributed by atoms with Crippen molar-refractivity contribution in [2.24, 2.45) is 0 Å². The highest BCUT2D eigenvalue weighted by atomic mass is 32.2. The first-order valence-corrected chi connectivity index (χ1v) is 13.7. The van der Waals surface area contributed by atoms with E-state index in [0.717, 1.165) is 55.5 Å². The Morgan fingerprint density at radius 1 is 0.892 bits per heavy atom. The van der Waals surface area contributed by atoms with Gasteiger partial charge in [-0.05, 0) is 55.8 Å². The third-order valence-electron chi connectivity index (χ3n) is 6.45. The number of carbonyl (C=O) groups is 2. The molecule has 1 saturated heterocycles. The van der Waals surface area contributed by atoms with Crippen LogP contribution in [0.1, 0.15) is 34.8 Å². The lowest BCUT2D eigenvalue weighted by Crippen LogP contribution is -2.46. The Kier molecular flexibility index (Phi) is 9.77. The summed E-state index contributed by atoms with van der Waals surface area (Å²) in [5, 5.41) is 5.92. The second-order valence-corrected chi connectivity index (χ2v) is 10.6. The van der Waals surface area contributed by atoms with Crippen molar-refractivity contribution in [3.63, 3.8) is 0 Å². The van der Waals surface area contributed by atoms with E-state index in [1.807, 2.05) is 12.1 Å². The topological polar surface area (TPSA) is 64.7 Å². The molecule has 7 heteroatoms. The number of anilines is 1. The SMILES string of the molecule is CC(=O)Nc1cc(C(=O)NCCCN2CCN(Cc3ccccc3)CC2)ccc1Sc1ccc(C)cc1. The van der Waals surface area contributed by atoms with Gasteiger partial charge in [0.15, 0.2) is 0 Å². The van der Waals surface area contributed by atoms with Crippen molar-refractivity contribution in [1.29, 1.82) is 0 Å². The number of rotatable bonds is 10. The molecule has 0 saturated carbocycles. The van der Waals surface area contributed by atoms with E-state index < -0.39 is 0 Å². The molecule has 0 radical (unpaired) electrons. The van der Waals surface area contributed by atoms with Gasteiger partial charge in [0, 0.05) is 61.5 Å². The minimum absolute atomic E-state index is 0.119. The summed E-state index contributed by atoms with van der Waals surface area (Å²) in [5.74, 6) is -0.279. The van der Waals surface area contributed by atoms with Gasteiger partial charge in [0.05, 0.1) is 5.69 Å². The van der Waals surface area contributed by atoms with Crippen molar-refractivity contribution in [1.82, 2.24) is 15.1 Å². The van der Waals surface area contributed by atoms with Gasteiger partial charge >= 0.3 is 0 Å². The maximum Gasteiger partial charge on any atom is 0.251 e. The minimum Gasteiger partial charge on any atom is -0.352 e. The van der Waals surface area contributed by atoms with Gasteiger partial charge in [-0.25, -0.2) is 0 Å². The van der Waals surface area contributed by atoms with Crippen LogP contribution < -0.4 is 10.6 Å². The molecule has 0 unspecified atom stereocenters. The number of amides is 2. The summed E-state index contributed by atoms with van der Waals surface area (Å²) in [5.41, 5.74) is 3.76. The van der Waals surface area contributed by atoms with E-state index in [1.54, 1.807) is 17.8 Å². The molecule has 0 aromatic heterocycles. The molecule has 3 aromatic rings. The van der Waals surface area contributed by atoms with E-state index in [4.69, 9.17) is 0 Å². The van der Waals surface area contributed by atoms with Crippen LogP contribution in [0.15, 0.2) is 82.6 Å². The normalized spacial score (nSPS) is 14.3. The lowest BCUT2D eigenvalue weighted by molar-refractivity contribution is -0.114. The average Bonchev–Trinajstić information content (AvgIpc) is 2.90. The number of carbonyl (C=O) groups excluding carboxylic acids is 2. The van der Waals surface area contributed by atoms with Crippen LogP contribution in [-0.4, -0.2) is 60.9 Å². The average molecular weight is 517 g/mol. The lowest BCUT2D eigenvalue weighted by atomic mass is 10.1. The molecule has 0 atom stereocenters. The molecule has 1 heterocycles. The van der Waals surface area contributed by atoms with E-state index in [9.17, 15) is 9.59 Å². The van der Waals surface area contributed by atoms with Gasteiger partial charge in [0.1, 0.15) is 0 Å². The number of hydrogen-bond donors (Lipinski definition) is 2. The molecule has 1 aliphatic rings. The van der Waals surface area contributed by atoms with Gasteiger partial charge in [-0.2, -0.15) is 0 Å². The third kappa shape index (κ3) is 8.45. The Bertz CT molecular complexity index is 1180. The molecule has 2 amide bonds. The van der Waals surface area contributed by atoms with E-state index >= 15 is 0 Å². The number of benzene rings is 3. The maximum atomic E-state index is 12.8. The molecule has 3 aromatic carbocycles. The van der Waals surface area contributed by atoms with E-state index in [0.29, 0.717) is 17.8 Å². The fourth-order valence-electron chi connectivity index (χ4n) is 4.40. The fourth-order valence-corrected chi connectivity index (χ4v) is 5.28. The first-order chi connectivity index (χ1) is 18.0. The highest BCUT2D eigenvalue weighted by Crippen LogP contribution is 2.34. The van der Waals surface area contributed by atoms with Gasteiger partial charge in [0.2, 0.25) is 5.91 Å². The molecule has 1 fully saturated rings. The second kappa shape index (κ2) is 13.4. The largest absolute Gasteiger partial charge is 0.352 e. The van der Waals surface area contributed by atoms with Crippen LogP contribution in [0.4, 0.5) is 5.69 Å². The molecule has 2 N–H and O–H groups in total. The zero-order valence-electron chi connectivity index (χ0n) is 21.7.